The van der Waals surface area contributed by atoms with Crippen molar-refractivity contribution in [2.45, 2.75) is 20.0 Å². The highest BCUT2D eigenvalue weighted by Crippen LogP contribution is 2.13. The second-order valence-corrected chi connectivity index (χ2v) is 5.97. The molecule has 0 saturated carbocycles. The van der Waals surface area contributed by atoms with Crippen molar-refractivity contribution >= 4 is 0 Å². The summed E-state index contributed by atoms with van der Waals surface area (Å²) in [5, 5.41) is 0. The third-order valence-corrected chi connectivity index (χ3v) is 4.35. The summed E-state index contributed by atoms with van der Waals surface area (Å²) in [7, 11) is 1.66. The van der Waals surface area contributed by atoms with Crippen molar-refractivity contribution in [2.24, 2.45) is 0 Å². The molecule has 0 N–H and O–H groups in total. The van der Waals surface area contributed by atoms with E-state index in [4.69, 9.17) is 4.74 Å². The molecule has 0 amide bonds. The van der Waals surface area contributed by atoms with Crippen LogP contribution in [-0.4, -0.2) is 53.1 Å². The maximum Gasteiger partial charge on any atom is 0.213 e. The lowest BCUT2D eigenvalue weighted by Crippen LogP contribution is -2.45. The van der Waals surface area contributed by atoms with E-state index in [-0.39, 0.29) is 0 Å². The SMILES string of the molecule is COc1cccc(CN2CCN(Cc3cccnc3C)CC2)n1. The first kappa shape index (κ1) is 15.9. The van der Waals surface area contributed by atoms with Crippen LogP contribution in [-0.2, 0) is 13.1 Å². The van der Waals surface area contributed by atoms with Gasteiger partial charge in [-0.2, -0.15) is 0 Å². The summed E-state index contributed by atoms with van der Waals surface area (Å²) in [5.74, 6) is 0.688. The van der Waals surface area contributed by atoms with E-state index in [2.05, 4.69) is 38.8 Å². The van der Waals surface area contributed by atoms with Gasteiger partial charge in [-0.15, -0.1) is 0 Å². The van der Waals surface area contributed by atoms with Gasteiger partial charge in [0.05, 0.1) is 12.8 Å². The first-order chi connectivity index (χ1) is 11.2. The Kier molecular flexibility index (Phi) is 5.20. The summed E-state index contributed by atoms with van der Waals surface area (Å²) in [6.07, 6.45) is 1.86. The number of piperazine rings is 1. The molecule has 1 fully saturated rings. The topological polar surface area (TPSA) is 41.5 Å². The van der Waals surface area contributed by atoms with Gasteiger partial charge in [0.1, 0.15) is 0 Å². The molecule has 0 atom stereocenters. The molecule has 0 spiro atoms. The second kappa shape index (κ2) is 7.53. The molecule has 0 unspecified atom stereocenters. The number of nitrogens with zero attached hydrogens (tertiary/aromatic N) is 4. The maximum absolute atomic E-state index is 5.19. The number of pyridine rings is 2. The van der Waals surface area contributed by atoms with Gasteiger partial charge in [-0.1, -0.05) is 12.1 Å². The van der Waals surface area contributed by atoms with Gasteiger partial charge in [0.25, 0.3) is 0 Å². The Hall–Kier alpha value is -1.98. The van der Waals surface area contributed by atoms with Gasteiger partial charge in [-0.05, 0) is 24.6 Å². The number of aromatic nitrogens is 2. The highest BCUT2D eigenvalue weighted by atomic mass is 16.5. The molecule has 3 rings (SSSR count). The van der Waals surface area contributed by atoms with Crippen molar-refractivity contribution in [3.63, 3.8) is 0 Å². The van der Waals surface area contributed by atoms with Crippen LogP contribution in [0.1, 0.15) is 17.0 Å². The highest BCUT2D eigenvalue weighted by molar-refractivity contribution is 5.18. The minimum absolute atomic E-state index is 0.688. The molecular formula is C18H24N4O. The van der Waals surface area contributed by atoms with Crippen LogP contribution >= 0.6 is 0 Å². The quantitative estimate of drug-likeness (QED) is 0.846. The van der Waals surface area contributed by atoms with E-state index >= 15 is 0 Å². The van der Waals surface area contributed by atoms with Crippen LogP contribution in [0.4, 0.5) is 0 Å². The van der Waals surface area contributed by atoms with Gasteiger partial charge in [0, 0.05) is 57.2 Å². The predicted octanol–water partition coefficient (Wildman–Crippen LogP) is 2.11. The number of methoxy groups -OCH3 is 1. The summed E-state index contributed by atoms with van der Waals surface area (Å²) in [6.45, 7) is 8.26. The lowest BCUT2D eigenvalue weighted by atomic mass is 10.2. The normalized spacial score (nSPS) is 16.4. The number of aryl methyl sites for hydroxylation is 1. The maximum atomic E-state index is 5.19. The van der Waals surface area contributed by atoms with E-state index in [1.54, 1.807) is 7.11 Å². The molecule has 1 aliphatic heterocycles. The van der Waals surface area contributed by atoms with E-state index in [1.165, 1.54) is 5.56 Å². The highest BCUT2D eigenvalue weighted by Gasteiger charge is 2.18. The van der Waals surface area contributed by atoms with Gasteiger partial charge in [0.2, 0.25) is 5.88 Å². The number of rotatable bonds is 5. The molecule has 0 bridgehead atoms. The van der Waals surface area contributed by atoms with Crippen LogP contribution < -0.4 is 4.74 Å². The van der Waals surface area contributed by atoms with Crippen LogP contribution in [0, 0.1) is 6.92 Å². The summed E-state index contributed by atoms with van der Waals surface area (Å²) in [5.41, 5.74) is 3.53. The van der Waals surface area contributed by atoms with Crippen molar-refractivity contribution < 1.29 is 4.74 Å². The summed E-state index contributed by atoms with van der Waals surface area (Å²) in [6, 6.07) is 10.1. The molecule has 2 aromatic rings. The first-order valence-electron chi connectivity index (χ1n) is 8.10. The zero-order valence-electron chi connectivity index (χ0n) is 13.9. The van der Waals surface area contributed by atoms with E-state index in [0.717, 1.165) is 50.7 Å². The summed E-state index contributed by atoms with van der Waals surface area (Å²) in [4.78, 5) is 13.8. The van der Waals surface area contributed by atoms with Crippen molar-refractivity contribution in [1.29, 1.82) is 0 Å². The number of hydrogen-bond acceptors (Lipinski definition) is 5. The molecule has 5 heteroatoms. The van der Waals surface area contributed by atoms with E-state index in [1.807, 2.05) is 24.4 Å². The summed E-state index contributed by atoms with van der Waals surface area (Å²) >= 11 is 0. The first-order valence-corrected chi connectivity index (χ1v) is 8.10. The zero-order chi connectivity index (χ0) is 16.1. The smallest absolute Gasteiger partial charge is 0.213 e. The fraction of sp³-hybridized carbons (Fsp3) is 0.444. The fourth-order valence-electron chi connectivity index (χ4n) is 2.92. The lowest BCUT2D eigenvalue weighted by Gasteiger charge is -2.34. The minimum atomic E-state index is 0.688. The van der Waals surface area contributed by atoms with Gasteiger partial charge in [-0.25, -0.2) is 4.98 Å². The molecule has 5 nitrogen and oxygen atoms in total. The van der Waals surface area contributed by atoms with Crippen molar-refractivity contribution in [3.05, 3.63) is 53.5 Å². The number of ether oxygens (including phenoxy) is 1. The van der Waals surface area contributed by atoms with Gasteiger partial charge >= 0.3 is 0 Å². The molecule has 1 saturated heterocycles. The molecule has 0 radical (unpaired) electrons. The van der Waals surface area contributed by atoms with Crippen LogP contribution in [0.2, 0.25) is 0 Å². The largest absolute Gasteiger partial charge is 0.481 e. The Morgan fingerprint density at radius 2 is 1.74 bits per heavy atom. The van der Waals surface area contributed by atoms with Crippen LogP contribution in [0.5, 0.6) is 5.88 Å². The lowest BCUT2D eigenvalue weighted by molar-refractivity contribution is 0.120. The number of hydrogen-bond donors (Lipinski definition) is 0. The standard InChI is InChI=1S/C18H24N4O/c1-15-16(5-4-8-19-15)13-21-9-11-22(12-10-21)14-17-6-3-7-18(20-17)23-2/h3-8H,9-14H2,1-2H3. The van der Waals surface area contributed by atoms with Crippen molar-refractivity contribution in [3.8, 4) is 5.88 Å². The molecule has 0 aliphatic carbocycles. The Morgan fingerprint density at radius 3 is 2.43 bits per heavy atom. The van der Waals surface area contributed by atoms with Gasteiger partial charge in [0.15, 0.2) is 0 Å². The van der Waals surface area contributed by atoms with Crippen molar-refractivity contribution in [1.82, 2.24) is 19.8 Å². The third kappa shape index (κ3) is 4.27. The van der Waals surface area contributed by atoms with Gasteiger partial charge in [-0.3, -0.25) is 14.8 Å². The van der Waals surface area contributed by atoms with E-state index < -0.39 is 0 Å². The average molecular weight is 312 g/mol. The molecule has 0 aromatic carbocycles. The molecule has 2 aromatic heterocycles. The van der Waals surface area contributed by atoms with E-state index in [9.17, 15) is 0 Å². The predicted molar refractivity (Wildman–Crippen MR) is 90.3 cm³/mol. The third-order valence-electron chi connectivity index (χ3n) is 4.35. The Labute approximate surface area is 137 Å². The average Bonchev–Trinajstić information content (AvgIpc) is 2.59. The monoisotopic (exact) mass is 312 g/mol. The molecule has 3 heterocycles. The second-order valence-electron chi connectivity index (χ2n) is 5.97. The molecule has 23 heavy (non-hydrogen) atoms. The Bertz CT molecular complexity index is 638. The minimum Gasteiger partial charge on any atom is -0.481 e. The Morgan fingerprint density at radius 1 is 1.00 bits per heavy atom. The van der Waals surface area contributed by atoms with Crippen LogP contribution in [0.15, 0.2) is 36.5 Å². The Balaban J connectivity index is 1.51. The molecule has 122 valence electrons. The zero-order valence-corrected chi connectivity index (χ0v) is 13.9. The summed E-state index contributed by atoms with van der Waals surface area (Å²) < 4.78 is 5.19. The van der Waals surface area contributed by atoms with Gasteiger partial charge < -0.3 is 4.74 Å². The molecule has 1 aliphatic rings. The fourth-order valence-corrected chi connectivity index (χ4v) is 2.92. The van der Waals surface area contributed by atoms with E-state index in [0.29, 0.717) is 5.88 Å². The van der Waals surface area contributed by atoms with Crippen molar-refractivity contribution in [2.75, 3.05) is 33.3 Å². The molecular weight excluding hydrogens is 288 g/mol. The van der Waals surface area contributed by atoms with Crippen LogP contribution in [0.3, 0.4) is 0 Å². The van der Waals surface area contributed by atoms with Crippen LogP contribution in [0.25, 0.3) is 0 Å².